The van der Waals surface area contributed by atoms with Crippen molar-refractivity contribution in [3.63, 3.8) is 0 Å². The van der Waals surface area contributed by atoms with Gasteiger partial charge in [0.05, 0.1) is 19.2 Å². The largest absolute Gasteiger partial charge is 0.496 e. The second kappa shape index (κ2) is 7.13. The Kier molecular flexibility index (Phi) is 5.52. The molecule has 1 aromatic rings. The van der Waals surface area contributed by atoms with Crippen molar-refractivity contribution in [2.75, 3.05) is 20.3 Å². The number of benzene rings is 1. The number of ether oxygens (including phenoxy) is 2. The molecule has 0 aliphatic rings. The number of carbonyl (C=O) groups excluding carboxylic acids is 3. The first-order valence-corrected chi connectivity index (χ1v) is 5.80. The van der Waals surface area contributed by atoms with Gasteiger partial charge >= 0.3 is 5.97 Å². The van der Waals surface area contributed by atoms with E-state index < -0.39 is 24.4 Å². The summed E-state index contributed by atoms with van der Waals surface area (Å²) in [6.45, 7) is 1.06. The molecule has 0 aliphatic heterocycles. The fourth-order valence-electron chi connectivity index (χ4n) is 1.40. The van der Waals surface area contributed by atoms with E-state index in [9.17, 15) is 14.4 Å². The highest BCUT2D eigenvalue weighted by Gasteiger charge is 2.12. The number of primary amides is 1. The van der Waals surface area contributed by atoms with Crippen molar-refractivity contribution in [1.82, 2.24) is 5.32 Å². The van der Waals surface area contributed by atoms with Crippen LogP contribution in [0.3, 0.4) is 0 Å². The normalized spacial score (nSPS) is 9.70. The number of nitrogens with one attached hydrogen (secondary N) is 1. The van der Waals surface area contributed by atoms with Crippen LogP contribution in [0.4, 0.5) is 0 Å². The molecule has 1 rings (SSSR count). The summed E-state index contributed by atoms with van der Waals surface area (Å²) in [4.78, 5) is 33.4. The molecule has 0 fully saturated rings. The van der Waals surface area contributed by atoms with Gasteiger partial charge in [-0.05, 0) is 24.6 Å². The summed E-state index contributed by atoms with van der Waals surface area (Å²) in [5, 5.41) is 2.21. The number of methoxy groups -OCH3 is 1. The molecule has 0 spiro atoms. The quantitative estimate of drug-likeness (QED) is 0.699. The van der Waals surface area contributed by atoms with Crippen LogP contribution in [0.15, 0.2) is 18.2 Å². The molecule has 0 atom stereocenters. The van der Waals surface area contributed by atoms with Crippen molar-refractivity contribution < 1.29 is 23.9 Å². The van der Waals surface area contributed by atoms with Crippen LogP contribution in [0.1, 0.15) is 15.9 Å². The lowest BCUT2D eigenvalue weighted by atomic mass is 10.1. The number of hydrogen-bond acceptors (Lipinski definition) is 5. The lowest BCUT2D eigenvalue weighted by Crippen LogP contribution is -2.35. The van der Waals surface area contributed by atoms with Crippen LogP contribution >= 0.6 is 0 Å². The van der Waals surface area contributed by atoms with Gasteiger partial charge in [-0.2, -0.15) is 0 Å². The van der Waals surface area contributed by atoms with E-state index in [0.717, 1.165) is 5.56 Å². The van der Waals surface area contributed by atoms with Gasteiger partial charge in [-0.1, -0.05) is 6.07 Å². The minimum Gasteiger partial charge on any atom is -0.496 e. The second-order valence-corrected chi connectivity index (χ2v) is 4.00. The third kappa shape index (κ3) is 4.60. The molecule has 0 heterocycles. The molecule has 0 saturated carbocycles. The first kappa shape index (κ1) is 15.5. The Morgan fingerprint density at radius 1 is 1.30 bits per heavy atom. The van der Waals surface area contributed by atoms with Gasteiger partial charge in [0.2, 0.25) is 5.91 Å². The number of nitrogens with two attached hydrogens (primary N) is 1. The number of amides is 2. The second-order valence-electron chi connectivity index (χ2n) is 4.00. The van der Waals surface area contributed by atoms with E-state index in [4.69, 9.17) is 15.2 Å². The highest BCUT2D eigenvalue weighted by atomic mass is 16.5. The van der Waals surface area contributed by atoms with Crippen molar-refractivity contribution in [3.05, 3.63) is 29.3 Å². The standard InChI is InChI=1S/C13H16N2O5/c1-8-3-4-9(5-10(8)19-2)13(18)20-7-12(17)15-6-11(14)16/h3-5H,6-7H2,1-2H3,(H2,14,16)(H,15,17). The summed E-state index contributed by atoms with van der Waals surface area (Å²) < 4.78 is 9.89. The predicted molar refractivity (Wildman–Crippen MR) is 70.2 cm³/mol. The molecule has 0 saturated heterocycles. The summed E-state index contributed by atoms with van der Waals surface area (Å²) in [6, 6.07) is 4.81. The van der Waals surface area contributed by atoms with E-state index in [2.05, 4.69) is 5.32 Å². The van der Waals surface area contributed by atoms with E-state index in [1.807, 2.05) is 6.92 Å². The topological polar surface area (TPSA) is 108 Å². The van der Waals surface area contributed by atoms with Crippen molar-refractivity contribution in [3.8, 4) is 5.75 Å². The fraction of sp³-hybridized carbons (Fsp3) is 0.308. The van der Waals surface area contributed by atoms with Gasteiger partial charge in [0.1, 0.15) is 5.75 Å². The minimum absolute atomic E-state index is 0.273. The van der Waals surface area contributed by atoms with E-state index >= 15 is 0 Å². The molecule has 1 aromatic carbocycles. The molecule has 108 valence electrons. The first-order valence-electron chi connectivity index (χ1n) is 5.80. The zero-order chi connectivity index (χ0) is 15.1. The van der Waals surface area contributed by atoms with Gasteiger partial charge < -0.3 is 20.5 Å². The molecule has 0 bridgehead atoms. The summed E-state index contributed by atoms with van der Waals surface area (Å²) in [5.41, 5.74) is 6.01. The van der Waals surface area contributed by atoms with Gasteiger partial charge in [-0.15, -0.1) is 0 Å². The lowest BCUT2D eigenvalue weighted by Gasteiger charge is -2.08. The van der Waals surface area contributed by atoms with E-state index in [1.54, 1.807) is 12.1 Å². The number of aryl methyl sites for hydroxylation is 1. The molecule has 3 N–H and O–H groups in total. The van der Waals surface area contributed by atoms with E-state index in [-0.39, 0.29) is 12.1 Å². The van der Waals surface area contributed by atoms with Crippen molar-refractivity contribution in [1.29, 1.82) is 0 Å². The monoisotopic (exact) mass is 280 g/mol. The van der Waals surface area contributed by atoms with E-state index in [1.165, 1.54) is 13.2 Å². The fourth-order valence-corrected chi connectivity index (χ4v) is 1.40. The zero-order valence-electron chi connectivity index (χ0n) is 11.3. The zero-order valence-corrected chi connectivity index (χ0v) is 11.3. The summed E-state index contributed by atoms with van der Waals surface area (Å²) in [6.07, 6.45) is 0. The van der Waals surface area contributed by atoms with Gasteiger partial charge in [0.15, 0.2) is 6.61 Å². The third-order valence-electron chi connectivity index (χ3n) is 2.44. The molecule has 0 aromatic heterocycles. The SMILES string of the molecule is COc1cc(C(=O)OCC(=O)NCC(N)=O)ccc1C. The Hall–Kier alpha value is -2.57. The van der Waals surface area contributed by atoms with Crippen molar-refractivity contribution >= 4 is 17.8 Å². The molecule has 0 unspecified atom stereocenters. The maximum absolute atomic E-state index is 11.7. The third-order valence-corrected chi connectivity index (χ3v) is 2.44. The van der Waals surface area contributed by atoms with Gasteiger partial charge in [-0.25, -0.2) is 4.79 Å². The lowest BCUT2D eigenvalue weighted by molar-refractivity contribution is -0.127. The summed E-state index contributed by atoms with van der Waals surface area (Å²) >= 11 is 0. The van der Waals surface area contributed by atoms with Gasteiger partial charge in [0.25, 0.3) is 5.91 Å². The van der Waals surface area contributed by atoms with Gasteiger partial charge in [0, 0.05) is 0 Å². The highest BCUT2D eigenvalue weighted by molar-refractivity contribution is 5.92. The Morgan fingerprint density at radius 2 is 2.00 bits per heavy atom. The molecule has 7 nitrogen and oxygen atoms in total. The number of carbonyl (C=O) groups is 3. The summed E-state index contributed by atoms with van der Waals surface area (Å²) in [5.74, 6) is -1.38. The Bertz CT molecular complexity index is 527. The van der Waals surface area contributed by atoms with E-state index in [0.29, 0.717) is 5.75 Å². The van der Waals surface area contributed by atoms with Crippen LogP contribution in [-0.4, -0.2) is 38.0 Å². The molecule has 20 heavy (non-hydrogen) atoms. The number of rotatable bonds is 6. The maximum atomic E-state index is 11.7. The number of esters is 1. The molecule has 2 amide bonds. The molecular formula is C13H16N2O5. The average molecular weight is 280 g/mol. The van der Waals surface area contributed by atoms with Crippen LogP contribution in [0, 0.1) is 6.92 Å². The van der Waals surface area contributed by atoms with Crippen LogP contribution in [0.25, 0.3) is 0 Å². The Morgan fingerprint density at radius 3 is 2.60 bits per heavy atom. The Balaban J connectivity index is 2.54. The molecule has 0 radical (unpaired) electrons. The van der Waals surface area contributed by atoms with Gasteiger partial charge in [-0.3, -0.25) is 9.59 Å². The Labute approximate surface area is 116 Å². The molecule has 7 heteroatoms. The number of hydrogen-bond donors (Lipinski definition) is 2. The van der Waals surface area contributed by atoms with Crippen molar-refractivity contribution in [2.24, 2.45) is 5.73 Å². The first-order chi connectivity index (χ1) is 9.43. The highest BCUT2D eigenvalue weighted by Crippen LogP contribution is 2.19. The van der Waals surface area contributed by atoms with Crippen molar-refractivity contribution in [2.45, 2.75) is 6.92 Å². The molecular weight excluding hydrogens is 264 g/mol. The maximum Gasteiger partial charge on any atom is 0.338 e. The average Bonchev–Trinajstić information content (AvgIpc) is 2.42. The van der Waals surface area contributed by atoms with Crippen LogP contribution in [-0.2, 0) is 14.3 Å². The summed E-state index contributed by atoms with van der Waals surface area (Å²) in [7, 11) is 1.49. The van der Waals surface area contributed by atoms with Crippen LogP contribution < -0.4 is 15.8 Å². The van der Waals surface area contributed by atoms with Crippen LogP contribution in [0.5, 0.6) is 5.75 Å². The smallest absolute Gasteiger partial charge is 0.338 e. The minimum atomic E-state index is -0.673. The molecule has 0 aliphatic carbocycles. The predicted octanol–water partition coefficient (Wildman–Crippen LogP) is -0.238. The van der Waals surface area contributed by atoms with Crippen LogP contribution in [0.2, 0.25) is 0 Å².